The van der Waals surface area contributed by atoms with E-state index in [0.717, 1.165) is 38.5 Å². The first-order valence-electron chi connectivity index (χ1n) is 7.03. The highest BCUT2D eigenvalue weighted by Gasteiger charge is 2.12. The van der Waals surface area contributed by atoms with Crippen LogP contribution in [-0.4, -0.2) is 36.1 Å². The number of aromatic nitrogens is 2. The quantitative estimate of drug-likeness (QED) is 0.945. The van der Waals surface area contributed by atoms with E-state index in [9.17, 15) is 0 Å². The topological polar surface area (TPSA) is 50.3 Å². The molecule has 1 aliphatic heterocycles. The number of ether oxygens (including phenoxy) is 1. The molecule has 0 spiro atoms. The van der Waals surface area contributed by atoms with Crippen molar-refractivity contribution in [2.24, 2.45) is 0 Å². The van der Waals surface area contributed by atoms with Crippen LogP contribution in [0.1, 0.15) is 6.42 Å². The highest BCUT2D eigenvalue weighted by molar-refractivity contribution is 6.32. The van der Waals surface area contributed by atoms with Crippen LogP contribution in [-0.2, 0) is 0 Å². The minimum absolute atomic E-state index is 0.570. The van der Waals surface area contributed by atoms with E-state index in [2.05, 4.69) is 20.2 Å². The van der Waals surface area contributed by atoms with Crippen LogP contribution in [0.5, 0.6) is 11.5 Å². The number of nitrogens with zero attached hydrogens (tertiary/aromatic N) is 3. The zero-order chi connectivity index (χ0) is 14.5. The van der Waals surface area contributed by atoms with Crippen molar-refractivity contribution in [3.63, 3.8) is 0 Å². The van der Waals surface area contributed by atoms with E-state index in [1.54, 1.807) is 18.5 Å². The van der Waals surface area contributed by atoms with Crippen molar-refractivity contribution in [2.45, 2.75) is 6.42 Å². The van der Waals surface area contributed by atoms with Crippen molar-refractivity contribution in [1.29, 1.82) is 0 Å². The van der Waals surface area contributed by atoms with Crippen LogP contribution in [0, 0.1) is 0 Å². The summed E-state index contributed by atoms with van der Waals surface area (Å²) < 4.78 is 5.69. The van der Waals surface area contributed by atoms with Gasteiger partial charge in [0, 0.05) is 19.6 Å². The molecule has 1 aliphatic rings. The number of benzene rings is 1. The van der Waals surface area contributed by atoms with Gasteiger partial charge in [0.2, 0.25) is 5.95 Å². The third kappa shape index (κ3) is 3.62. The lowest BCUT2D eigenvalue weighted by Crippen LogP contribution is -2.29. The van der Waals surface area contributed by atoms with Crippen LogP contribution in [0.2, 0.25) is 5.02 Å². The Kier molecular flexibility index (Phi) is 4.52. The predicted molar refractivity (Wildman–Crippen MR) is 83.3 cm³/mol. The van der Waals surface area contributed by atoms with E-state index in [0.29, 0.717) is 16.5 Å². The van der Waals surface area contributed by atoms with Gasteiger partial charge in [0.1, 0.15) is 5.75 Å². The molecule has 1 N–H and O–H groups in total. The normalized spacial score (nSPS) is 15.6. The number of halogens is 1. The Labute approximate surface area is 128 Å². The number of nitrogens with one attached hydrogen (secondary N) is 1. The SMILES string of the molecule is Clc1ccccc1Oc1cnc(N2CCCNCC2)nc1. The summed E-state index contributed by atoms with van der Waals surface area (Å²) in [5.41, 5.74) is 0. The van der Waals surface area contributed by atoms with E-state index in [-0.39, 0.29) is 0 Å². The molecule has 0 aliphatic carbocycles. The molecular weight excluding hydrogens is 288 g/mol. The van der Waals surface area contributed by atoms with E-state index in [1.165, 1.54) is 0 Å². The van der Waals surface area contributed by atoms with Crippen molar-refractivity contribution in [3.8, 4) is 11.5 Å². The lowest BCUT2D eigenvalue weighted by atomic mass is 10.3. The first-order valence-corrected chi connectivity index (χ1v) is 7.41. The second-order valence-corrected chi connectivity index (χ2v) is 5.25. The van der Waals surface area contributed by atoms with Crippen molar-refractivity contribution in [3.05, 3.63) is 41.7 Å². The molecule has 3 rings (SSSR count). The highest BCUT2D eigenvalue weighted by atomic mass is 35.5. The average Bonchev–Trinajstić information content (AvgIpc) is 2.80. The maximum atomic E-state index is 6.06. The molecule has 0 saturated carbocycles. The molecule has 2 heterocycles. The molecule has 0 atom stereocenters. The van der Waals surface area contributed by atoms with Crippen LogP contribution in [0.3, 0.4) is 0 Å². The molecule has 21 heavy (non-hydrogen) atoms. The van der Waals surface area contributed by atoms with Gasteiger partial charge in [-0.05, 0) is 25.1 Å². The van der Waals surface area contributed by atoms with Crippen molar-refractivity contribution >= 4 is 17.5 Å². The van der Waals surface area contributed by atoms with Crippen LogP contribution in [0.15, 0.2) is 36.7 Å². The summed E-state index contributed by atoms with van der Waals surface area (Å²) in [6.07, 6.45) is 4.47. The summed E-state index contributed by atoms with van der Waals surface area (Å²) in [5, 5.41) is 3.93. The van der Waals surface area contributed by atoms with E-state index in [1.807, 2.05) is 18.2 Å². The Balaban J connectivity index is 1.70. The summed E-state index contributed by atoms with van der Waals surface area (Å²) in [6, 6.07) is 7.34. The molecule has 1 aromatic heterocycles. The molecule has 1 fully saturated rings. The molecule has 0 amide bonds. The Hall–Kier alpha value is -1.85. The molecular formula is C15H17ClN4O. The first-order chi connectivity index (χ1) is 10.3. The zero-order valence-corrected chi connectivity index (χ0v) is 12.4. The molecule has 5 nitrogen and oxygen atoms in total. The third-order valence-corrected chi connectivity index (χ3v) is 3.61. The van der Waals surface area contributed by atoms with Gasteiger partial charge in [0.15, 0.2) is 5.75 Å². The molecule has 1 saturated heterocycles. The Morgan fingerprint density at radius 1 is 1.10 bits per heavy atom. The molecule has 1 aromatic carbocycles. The largest absolute Gasteiger partial charge is 0.453 e. The minimum atomic E-state index is 0.570. The van der Waals surface area contributed by atoms with E-state index in [4.69, 9.17) is 16.3 Å². The van der Waals surface area contributed by atoms with Gasteiger partial charge in [0.05, 0.1) is 17.4 Å². The summed E-state index contributed by atoms with van der Waals surface area (Å²) in [5.74, 6) is 1.93. The smallest absolute Gasteiger partial charge is 0.225 e. The summed E-state index contributed by atoms with van der Waals surface area (Å²) in [4.78, 5) is 11.0. The summed E-state index contributed by atoms with van der Waals surface area (Å²) in [7, 11) is 0. The molecule has 0 radical (unpaired) electrons. The second-order valence-electron chi connectivity index (χ2n) is 4.84. The number of hydrogen-bond donors (Lipinski definition) is 1. The fourth-order valence-corrected chi connectivity index (χ4v) is 2.40. The van der Waals surface area contributed by atoms with Gasteiger partial charge >= 0.3 is 0 Å². The number of anilines is 1. The van der Waals surface area contributed by atoms with Gasteiger partial charge in [-0.15, -0.1) is 0 Å². The van der Waals surface area contributed by atoms with Gasteiger partial charge in [-0.1, -0.05) is 23.7 Å². The van der Waals surface area contributed by atoms with Gasteiger partial charge in [-0.25, -0.2) is 9.97 Å². The minimum Gasteiger partial charge on any atom is -0.453 e. The van der Waals surface area contributed by atoms with Gasteiger partial charge in [-0.3, -0.25) is 0 Å². The fraction of sp³-hybridized carbons (Fsp3) is 0.333. The molecule has 110 valence electrons. The van der Waals surface area contributed by atoms with Crippen molar-refractivity contribution < 1.29 is 4.74 Å². The predicted octanol–water partition coefficient (Wildman–Crippen LogP) is 2.72. The summed E-state index contributed by atoms with van der Waals surface area (Å²) >= 11 is 6.06. The molecule has 0 bridgehead atoms. The van der Waals surface area contributed by atoms with Crippen molar-refractivity contribution in [1.82, 2.24) is 15.3 Å². The standard InChI is InChI=1S/C15H17ClN4O/c16-13-4-1-2-5-14(13)21-12-10-18-15(19-11-12)20-8-3-6-17-7-9-20/h1-2,4-5,10-11,17H,3,6-9H2. The van der Waals surface area contributed by atoms with Crippen LogP contribution < -0.4 is 15.0 Å². The fourth-order valence-electron chi connectivity index (χ4n) is 2.23. The van der Waals surface area contributed by atoms with E-state index < -0.39 is 0 Å². The molecule has 6 heteroatoms. The monoisotopic (exact) mass is 304 g/mol. The lowest BCUT2D eigenvalue weighted by molar-refractivity contribution is 0.477. The van der Waals surface area contributed by atoms with Gasteiger partial charge in [-0.2, -0.15) is 0 Å². The zero-order valence-electron chi connectivity index (χ0n) is 11.6. The molecule has 2 aromatic rings. The summed E-state index contributed by atoms with van der Waals surface area (Å²) in [6.45, 7) is 3.90. The average molecular weight is 305 g/mol. The number of hydrogen-bond acceptors (Lipinski definition) is 5. The maximum absolute atomic E-state index is 6.06. The lowest BCUT2D eigenvalue weighted by Gasteiger charge is -2.19. The van der Waals surface area contributed by atoms with Crippen LogP contribution in [0.4, 0.5) is 5.95 Å². The van der Waals surface area contributed by atoms with Crippen LogP contribution in [0.25, 0.3) is 0 Å². The number of rotatable bonds is 3. The van der Waals surface area contributed by atoms with Crippen LogP contribution >= 0.6 is 11.6 Å². The maximum Gasteiger partial charge on any atom is 0.225 e. The Morgan fingerprint density at radius 3 is 2.71 bits per heavy atom. The van der Waals surface area contributed by atoms with Gasteiger partial charge in [0.25, 0.3) is 0 Å². The molecule has 0 unspecified atom stereocenters. The highest BCUT2D eigenvalue weighted by Crippen LogP contribution is 2.28. The Morgan fingerprint density at radius 2 is 1.90 bits per heavy atom. The van der Waals surface area contributed by atoms with Gasteiger partial charge < -0.3 is 15.0 Å². The van der Waals surface area contributed by atoms with Crippen molar-refractivity contribution in [2.75, 3.05) is 31.1 Å². The Bertz CT molecular complexity index is 582. The first kappa shape index (κ1) is 14.1. The third-order valence-electron chi connectivity index (χ3n) is 3.30. The van der Waals surface area contributed by atoms with E-state index >= 15 is 0 Å². The second kappa shape index (κ2) is 6.74. The number of para-hydroxylation sites is 1.